The molecule has 2 amide bonds. The van der Waals surface area contributed by atoms with E-state index in [1.807, 2.05) is 0 Å². The molecule has 0 spiro atoms. The second-order valence-electron chi connectivity index (χ2n) is 7.15. The Bertz CT molecular complexity index is 1110. The number of carbonyl (C=O) groups is 2. The Hall–Kier alpha value is -2.13. The molecule has 2 aromatic carbocycles. The van der Waals surface area contributed by atoms with Crippen LogP contribution < -0.4 is 9.64 Å². The Morgan fingerprint density at radius 1 is 1.16 bits per heavy atom. The van der Waals surface area contributed by atoms with Crippen LogP contribution in [0.15, 0.2) is 47.4 Å². The van der Waals surface area contributed by atoms with Gasteiger partial charge < -0.3 is 4.74 Å². The van der Waals surface area contributed by atoms with Crippen molar-refractivity contribution >= 4 is 50.7 Å². The first-order chi connectivity index (χ1) is 14.6. The third-order valence-corrected chi connectivity index (χ3v) is 7.97. The summed E-state index contributed by atoms with van der Waals surface area (Å²) >= 11 is 12.2. The lowest BCUT2D eigenvalue weighted by Gasteiger charge is -2.32. The molecule has 0 saturated carbocycles. The van der Waals surface area contributed by atoms with Gasteiger partial charge in [0.25, 0.3) is 5.91 Å². The summed E-state index contributed by atoms with van der Waals surface area (Å²) in [6.07, 6.45) is 0.157. The van der Waals surface area contributed by atoms with Crippen LogP contribution in [0.3, 0.4) is 0 Å². The topological polar surface area (TPSA) is 84.0 Å². The first kappa shape index (κ1) is 23.5. The van der Waals surface area contributed by atoms with Gasteiger partial charge in [0.05, 0.1) is 24.2 Å². The summed E-state index contributed by atoms with van der Waals surface area (Å²) < 4.78 is 33.3. The van der Waals surface area contributed by atoms with Crippen molar-refractivity contribution in [3.05, 3.63) is 52.5 Å². The van der Waals surface area contributed by atoms with Crippen molar-refractivity contribution in [3.63, 3.8) is 0 Å². The van der Waals surface area contributed by atoms with Gasteiger partial charge >= 0.3 is 0 Å². The molecule has 1 fully saturated rings. The first-order valence-corrected chi connectivity index (χ1v) is 11.8. The smallest absolute Gasteiger partial charge is 0.252 e. The van der Waals surface area contributed by atoms with Gasteiger partial charge in [-0.15, -0.1) is 0 Å². The van der Waals surface area contributed by atoms with E-state index in [0.717, 1.165) is 9.21 Å². The minimum atomic E-state index is -4.22. The number of benzene rings is 2. The summed E-state index contributed by atoms with van der Waals surface area (Å²) in [5, 5.41) is 0.183. The molecule has 2 atom stereocenters. The number of halogens is 2. The number of carbonyl (C=O) groups excluding carboxylic acids is 2. The quantitative estimate of drug-likeness (QED) is 0.551. The fourth-order valence-electron chi connectivity index (χ4n) is 3.50. The van der Waals surface area contributed by atoms with Gasteiger partial charge in [-0.2, -0.15) is 4.31 Å². The van der Waals surface area contributed by atoms with Crippen LogP contribution in [0, 0.1) is 0 Å². The highest BCUT2D eigenvalue weighted by Gasteiger charge is 2.48. The number of nitrogens with zero attached hydrogens (tertiary/aromatic N) is 2. The maximum Gasteiger partial charge on any atom is 0.252 e. The maximum atomic E-state index is 13.6. The Kier molecular flexibility index (Phi) is 6.95. The summed E-state index contributed by atoms with van der Waals surface area (Å²) in [5.74, 6) is -0.531. The second-order valence-corrected chi connectivity index (χ2v) is 9.81. The van der Waals surface area contributed by atoms with Crippen molar-refractivity contribution in [2.75, 3.05) is 12.0 Å². The van der Waals surface area contributed by atoms with Crippen molar-refractivity contribution in [1.82, 2.24) is 4.31 Å². The van der Waals surface area contributed by atoms with Crippen LogP contribution in [0.2, 0.25) is 10.0 Å². The number of hydrogen-bond acceptors (Lipinski definition) is 5. The second kappa shape index (κ2) is 9.16. The molecule has 2 unspecified atom stereocenters. The lowest BCUT2D eigenvalue weighted by atomic mass is 10.2. The van der Waals surface area contributed by atoms with Crippen LogP contribution in [0.1, 0.15) is 26.7 Å². The number of amides is 2. The van der Waals surface area contributed by atoms with Crippen molar-refractivity contribution in [3.8, 4) is 5.75 Å². The predicted octanol–water partition coefficient (Wildman–Crippen LogP) is 4.12. The number of rotatable bonds is 7. The largest absolute Gasteiger partial charge is 0.497 e. The molecule has 2 aromatic rings. The molecule has 1 aliphatic rings. The molecule has 0 aliphatic carbocycles. The molecule has 0 bridgehead atoms. The zero-order valence-corrected chi connectivity index (χ0v) is 19.5. The van der Waals surface area contributed by atoms with Crippen molar-refractivity contribution in [2.24, 2.45) is 0 Å². The van der Waals surface area contributed by atoms with E-state index in [4.69, 9.17) is 27.9 Å². The highest BCUT2D eigenvalue weighted by molar-refractivity contribution is 7.89. The van der Waals surface area contributed by atoms with Gasteiger partial charge in [-0.05, 0) is 55.8 Å². The average molecular weight is 485 g/mol. The minimum absolute atomic E-state index is 0.0125. The van der Waals surface area contributed by atoms with E-state index in [2.05, 4.69) is 0 Å². The fourth-order valence-corrected chi connectivity index (χ4v) is 6.08. The molecule has 3 rings (SSSR count). The molecule has 0 N–H and O–H groups in total. The zero-order chi connectivity index (χ0) is 22.9. The van der Waals surface area contributed by atoms with E-state index >= 15 is 0 Å². The van der Waals surface area contributed by atoms with E-state index in [9.17, 15) is 18.0 Å². The summed E-state index contributed by atoms with van der Waals surface area (Å²) in [4.78, 5) is 26.8. The summed E-state index contributed by atoms with van der Waals surface area (Å²) in [7, 11) is -2.72. The van der Waals surface area contributed by atoms with Gasteiger partial charge in [0.15, 0.2) is 0 Å². The Morgan fingerprint density at radius 3 is 2.39 bits per heavy atom. The number of ether oxygens (including phenoxy) is 1. The molecule has 0 aromatic heterocycles. The molecule has 31 heavy (non-hydrogen) atoms. The van der Waals surface area contributed by atoms with E-state index < -0.39 is 33.9 Å². The number of hydrogen-bond donors (Lipinski definition) is 0. The third kappa shape index (κ3) is 4.43. The van der Waals surface area contributed by atoms with Crippen LogP contribution in [-0.4, -0.2) is 43.7 Å². The highest BCUT2D eigenvalue weighted by atomic mass is 35.5. The predicted molar refractivity (Wildman–Crippen MR) is 119 cm³/mol. The van der Waals surface area contributed by atoms with Crippen LogP contribution >= 0.6 is 23.2 Å². The molecule has 1 aliphatic heterocycles. The highest BCUT2D eigenvalue weighted by Crippen LogP contribution is 2.35. The Balaban J connectivity index is 2.04. The number of sulfonamides is 1. The fraction of sp³-hybridized carbons (Fsp3) is 0.333. The SMILES string of the molecule is CCC(C)N(C1CC(=O)N(c2ccc(OC)cc2)C1=O)S(=O)(=O)c1cc(Cl)ccc1Cl. The Labute approximate surface area is 191 Å². The number of imide groups is 1. The van der Waals surface area contributed by atoms with Crippen LogP contribution in [0.4, 0.5) is 5.69 Å². The Morgan fingerprint density at radius 2 is 1.81 bits per heavy atom. The van der Waals surface area contributed by atoms with Crippen molar-refractivity contribution < 1.29 is 22.7 Å². The van der Waals surface area contributed by atoms with Crippen LogP contribution in [-0.2, 0) is 19.6 Å². The van der Waals surface area contributed by atoms with Gasteiger partial charge in [-0.1, -0.05) is 30.1 Å². The molecule has 7 nitrogen and oxygen atoms in total. The zero-order valence-electron chi connectivity index (χ0n) is 17.2. The van der Waals surface area contributed by atoms with Crippen molar-refractivity contribution in [2.45, 2.75) is 43.7 Å². The van der Waals surface area contributed by atoms with Crippen LogP contribution in [0.5, 0.6) is 5.75 Å². The van der Waals surface area contributed by atoms with E-state index in [1.54, 1.807) is 38.1 Å². The lowest BCUT2D eigenvalue weighted by Crippen LogP contribution is -2.49. The maximum absolute atomic E-state index is 13.6. The molecule has 10 heteroatoms. The first-order valence-electron chi connectivity index (χ1n) is 9.61. The van der Waals surface area contributed by atoms with Gasteiger partial charge in [-0.25, -0.2) is 13.3 Å². The van der Waals surface area contributed by atoms with E-state index in [0.29, 0.717) is 17.9 Å². The molecular weight excluding hydrogens is 463 g/mol. The summed E-state index contributed by atoms with van der Waals surface area (Å²) in [5.41, 5.74) is 0.348. The van der Waals surface area contributed by atoms with E-state index in [1.165, 1.54) is 25.3 Å². The number of methoxy groups -OCH3 is 1. The third-order valence-electron chi connectivity index (χ3n) is 5.23. The standard InChI is InChI=1S/C21H22Cl2N2O5S/c1-4-13(2)25(31(28,29)19-11-14(22)5-10-17(19)23)18-12-20(26)24(21(18)27)15-6-8-16(30-3)9-7-15/h5-11,13,18H,4,12H2,1-3H3. The van der Waals surface area contributed by atoms with Gasteiger partial charge in [0.1, 0.15) is 16.7 Å². The monoisotopic (exact) mass is 484 g/mol. The average Bonchev–Trinajstić information content (AvgIpc) is 3.03. The molecule has 1 heterocycles. The number of anilines is 1. The normalized spacial score (nSPS) is 18.0. The molecular formula is C21H22Cl2N2O5S. The van der Waals surface area contributed by atoms with Gasteiger partial charge in [0.2, 0.25) is 15.9 Å². The molecule has 166 valence electrons. The van der Waals surface area contributed by atoms with Gasteiger partial charge in [0, 0.05) is 11.1 Å². The van der Waals surface area contributed by atoms with Crippen molar-refractivity contribution in [1.29, 1.82) is 0 Å². The summed E-state index contributed by atoms with van der Waals surface area (Å²) in [6, 6.07) is 8.76. The van der Waals surface area contributed by atoms with Gasteiger partial charge in [-0.3, -0.25) is 9.59 Å². The van der Waals surface area contributed by atoms with Crippen LogP contribution in [0.25, 0.3) is 0 Å². The summed E-state index contributed by atoms with van der Waals surface area (Å²) in [6.45, 7) is 3.49. The lowest BCUT2D eigenvalue weighted by molar-refractivity contribution is -0.122. The molecule has 1 saturated heterocycles. The minimum Gasteiger partial charge on any atom is -0.497 e. The molecule has 0 radical (unpaired) electrons. The van der Waals surface area contributed by atoms with E-state index in [-0.39, 0.29) is 21.4 Å².